The van der Waals surface area contributed by atoms with Crippen LogP contribution in [0.15, 0.2) is 67.3 Å². The van der Waals surface area contributed by atoms with Crippen molar-refractivity contribution in [2.45, 2.75) is 25.8 Å². The Hall–Kier alpha value is -5.12. The van der Waals surface area contributed by atoms with Crippen LogP contribution in [-0.4, -0.2) is 48.7 Å². The number of anilines is 1. The monoisotopic (exact) mass is 533 g/mol. The minimum atomic E-state index is -0.180. The molecule has 0 aliphatic carbocycles. The van der Waals surface area contributed by atoms with Gasteiger partial charge in [-0.25, -0.2) is 9.97 Å². The maximum Gasteiger partial charge on any atom is 0.274 e. The molecule has 1 aliphatic rings. The maximum atomic E-state index is 14.0. The number of nitrogens with zero attached hydrogens (tertiary/aromatic N) is 4. The lowest BCUT2D eigenvalue weighted by Crippen LogP contribution is -2.31. The average Bonchev–Trinajstić information content (AvgIpc) is 3.71. The molecule has 1 amide bonds. The number of hydrogen-bond acceptors (Lipinski definition) is 6. The van der Waals surface area contributed by atoms with E-state index < -0.39 is 0 Å². The molecule has 0 fully saturated rings. The SMILES string of the molecule is CCCOc1ccc2[nH]c(C(=O)N3C[C@@H](Cn4cnc(=N)c5[nH]cnc54)c4c3cc(O)c3ccccc43)cc2c1. The Kier molecular flexibility index (Phi) is 5.55. The fraction of sp³-hybridized carbons (Fsp3) is 0.200. The summed E-state index contributed by atoms with van der Waals surface area (Å²) in [6.07, 6.45) is 4.09. The summed E-state index contributed by atoms with van der Waals surface area (Å²) in [5, 5.41) is 21.6. The number of imidazole rings is 1. The number of carbonyl (C=O) groups excluding carboxylic acids is 1. The van der Waals surface area contributed by atoms with Crippen molar-refractivity contribution in [1.82, 2.24) is 24.5 Å². The number of aromatic amines is 2. The Morgan fingerprint density at radius 3 is 2.85 bits per heavy atom. The highest BCUT2D eigenvalue weighted by Crippen LogP contribution is 2.46. The molecule has 200 valence electrons. The van der Waals surface area contributed by atoms with Crippen LogP contribution in [0.2, 0.25) is 0 Å². The van der Waals surface area contributed by atoms with Crippen LogP contribution in [0.5, 0.6) is 11.5 Å². The Bertz CT molecular complexity index is 1990. The van der Waals surface area contributed by atoms with Gasteiger partial charge in [-0.2, -0.15) is 0 Å². The number of aromatic nitrogens is 5. The lowest BCUT2D eigenvalue weighted by Gasteiger charge is -2.18. The molecule has 0 saturated carbocycles. The maximum absolute atomic E-state index is 14.0. The zero-order valence-electron chi connectivity index (χ0n) is 21.8. The van der Waals surface area contributed by atoms with Crippen molar-refractivity contribution >= 4 is 44.4 Å². The summed E-state index contributed by atoms with van der Waals surface area (Å²) in [6.45, 7) is 3.59. The van der Waals surface area contributed by atoms with Gasteiger partial charge >= 0.3 is 0 Å². The minimum absolute atomic E-state index is 0.105. The fourth-order valence-electron chi connectivity index (χ4n) is 5.75. The van der Waals surface area contributed by atoms with Gasteiger partial charge < -0.3 is 29.3 Å². The van der Waals surface area contributed by atoms with Gasteiger partial charge in [0.05, 0.1) is 24.9 Å². The van der Waals surface area contributed by atoms with Crippen molar-refractivity contribution in [1.29, 1.82) is 5.41 Å². The third kappa shape index (κ3) is 3.79. The standard InChI is InChI=1S/C30H27N7O3/c1-2-9-40-19-7-8-22-17(10-19)11-23(35-22)30(39)37-14-18(13-36-16-34-28(31)27-29(36)33-15-32-27)26-21-6-4-3-5-20(21)25(38)12-24(26)37/h3-8,10-12,15-16,18,31,35,38H,2,9,13-14H2,1H3,(H,32,33)/t18-/m1/s1. The van der Waals surface area contributed by atoms with Gasteiger partial charge in [-0.15, -0.1) is 0 Å². The molecule has 0 saturated heterocycles. The van der Waals surface area contributed by atoms with Crippen molar-refractivity contribution in [2.75, 3.05) is 18.1 Å². The van der Waals surface area contributed by atoms with Gasteiger partial charge in [0.2, 0.25) is 0 Å². The molecule has 10 heteroatoms. The van der Waals surface area contributed by atoms with Crippen LogP contribution in [0.3, 0.4) is 0 Å². The second-order valence-electron chi connectivity index (χ2n) is 10.1. The summed E-state index contributed by atoms with van der Waals surface area (Å²) < 4.78 is 7.68. The highest BCUT2D eigenvalue weighted by molar-refractivity contribution is 6.11. The van der Waals surface area contributed by atoms with E-state index in [1.54, 1.807) is 23.6 Å². The molecule has 3 aromatic heterocycles. The molecule has 4 heterocycles. The number of phenolic OH excluding ortho intramolecular Hbond substituents is 1. The number of H-pyrrole nitrogens is 2. The summed E-state index contributed by atoms with van der Waals surface area (Å²) in [5.74, 6) is 0.612. The van der Waals surface area contributed by atoms with Gasteiger partial charge in [-0.3, -0.25) is 10.2 Å². The number of rotatable bonds is 6. The summed E-state index contributed by atoms with van der Waals surface area (Å²) in [5.41, 5.74) is 4.30. The molecule has 10 nitrogen and oxygen atoms in total. The van der Waals surface area contributed by atoms with Crippen LogP contribution in [-0.2, 0) is 6.54 Å². The molecule has 3 aromatic carbocycles. The smallest absolute Gasteiger partial charge is 0.274 e. The van der Waals surface area contributed by atoms with Gasteiger partial charge in [-0.05, 0) is 41.6 Å². The van der Waals surface area contributed by atoms with E-state index in [4.69, 9.17) is 10.1 Å². The first-order chi connectivity index (χ1) is 19.5. The second kappa shape index (κ2) is 9.26. The van der Waals surface area contributed by atoms with Crippen LogP contribution >= 0.6 is 0 Å². The number of carbonyl (C=O) groups is 1. The molecule has 0 radical (unpaired) electrons. The van der Waals surface area contributed by atoms with Crippen LogP contribution in [0.1, 0.15) is 35.3 Å². The summed E-state index contributed by atoms with van der Waals surface area (Å²) >= 11 is 0. The lowest BCUT2D eigenvalue weighted by molar-refractivity contribution is 0.0984. The van der Waals surface area contributed by atoms with Gasteiger partial charge in [0.1, 0.15) is 22.7 Å². The van der Waals surface area contributed by atoms with E-state index in [-0.39, 0.29) is 23.1 Å². The third-order valence-electron chi connectivity index (χ3n) is 7.56. The Balaban J connectivity index is 1.31. The number of aromatic hydroxyl groups is 1. The Labute approximate surface area is 228 Å². The predicted octanol–water partition coefficient (Wildman–Crippen LogP) is 4.81. The number of ether oxygens (including phenoxy) is 1. The fourth-order valence-corrected chi connectivity index (χ4v) is 5.75. The van der Waals surface area contributed by atoms with Gasteiger partial charge in [0.15, 0.2) is 11.1 Å². The van der Waals surface area contributed by atoms with Crippen molar-refractivity contribution in [3.8, 4) is 11.5 Å². The average molecular weight is 534 g/mol. The van der Waals surface area contributed by atoms with Gasteiger partial charge in [0, 0.05) is 41.4 Å². The number of amides is 1. The number of fused-ring (bicyclic) bond motifs is 5. The third-order valence-corrected chi connectivity index (χ3v) is 7.56. The van der Waals surface area contributed by atoms with E-state index in [1.165, 1.54) is 0 Å². The molecule has 40 heavy (non-hydrogen) atoms. The Morgan fingerprint density at radius 1 is 1.15 bits per heavy atom. The minimum Gasteiger partial charge on any atom is -0.507 e. The van der Waals surface area contributed by atoms with Crippen molar-refractivity contribution in [3.63, 3.8) is 0 Å². The van der Waals surface area contributed by atoms with Crippen molar-refractivity contribution in [3.05, 3.63) is 84.0 Å². The van der Waals surface area contributed by atoms with E-state index in [2.05, 4.69) is 26.9 Å². The number of nitrogens with one attached hydrogen (secondary N) is 3. The normalized spacial score (nSPS) is 14.8. The second-order valence-corrected chi connectivity index (χ2v) is 10.1. The summed E-state index contributed by atoms with van der Waals surface area (Å²) in [7, 11) is 0. The summed E-state index contributed by atoms with van der Waals surface area (Å²) in [4.78, 5) is 30.7. The van der Waals surface area contributed by atoms with E-state index in [9.17, 15) is 9.90 Å². The molecule has 0 unspecified atom stereocenters. The lowest BCUT2D eigenvalue weighted by atomic mass is 9.94. The molecule has 6 aromatic rings. The van der Waals surface area contributed by atoms with Crippen LogP contribution < -0.4 is 15.1 Å². The predicted molar refractivity (Wildman–Crippen MR) is 152 cm³/mol. The van der Waals surface area contributed by atoms with E-state index >= 15 is 0 Å². The molecule has 4 N–H and O–H groups in total. The van der Waals surface area contributed by atoms with Crippen LogP contribution in [0.25, 0.3) is 32.8 Å². The Morgan fingerprint density at radius 2 is 2.00 bits per heavy atom. The van der Waals surface area contributed by atoms with E-state index in [0.717, 1.165) is 39.4 Å². The van der Waals surface area contributed by atoms with E-state index in [1.807, 2.05) is 53.1 Å². The molecule has 1 atom stereocenters. The number of benzene rings is 3. The first-order valence-electron chi connectivity index (χ1n) is 13.3. The molecule has 0 bridgehead atoms. The zero-order valence-corrected chi connectivity index (χ0v) is 21.8. The molecule has 7 rings (SSSR count). The quantitative estimate of drug-likeness (QED) is 0.244. The number of hydrogen-bond donors (Lipinski definition) is 4. The van der Waals surface area contributed by atoms with Gasteiger partial charge in [-0.1, -0.05) is 31.2 Å². The highest BCUT2D eigenvalue weighted by atomic mass is 16.5. The molecule has 0 spiro atoms. The van der Waals surface area contributed by atoms with Gasteiger partial charge in [0.25, 0.3) is 5.91 Å². The highest BCUT2D eigenvalue weighted by Gasteiger charge is 2.36. The molecular formula is C30H27N7O3. The number of phenols is 1. The first-order valence-corrected chi connectivity index (χ1v) is 13.3. The first kappa shape index (κ1) is 24.0. The van der Waals surface area contributed by atoms with Crippen molar-refractivity contribution < 1.29 is 14.6 Å². The summed E-state index contributed by atoms with van der Waals surface area (Å²) in [6, 6.07) is 17.0. The molecule has 1 aliphatic heterocycles. The molecular weight excluding hydrogens is 506 g/mol. The largest absolute Gasteiger partial charge is 0.507 e. The van der Waals surface area contributed by atoms with Crippen molar-refractivity contribution in [2.24, 2.45) is 0 Å². The van der Waals surface area contributed by atoms with Crippen LogP contribution in [0.4, 0.5) is 5.69 Å². The topological polar surface area (TPSA) is 136 Å². The zero-order chi connectivity index (χ0) is 27.4. The van der Waals surface area contributed by atoms with E-state index in [0.29, 0.717) is 42.2 Å². The van der Waals surface area contributed by atoms with Crippen LogP contribution in [0, 0.1) is 5.41 Å².